The van der Waals surface area contributed by atoms with Crippen LogP contribution < -0.4 is 11.1 Å². The number of allylic oxidation sites excluding steroid dienone is 7. The van der Waals surface area contributed by atoms with Crippen LogP contribution >= 0.6 is 0 Å². The molecule has 3 N–H and O–H groups in total. The molecule has 0 spiro atoms. The number of nitrogens with one attached hydrogen (secondary N) is 1. The highest BCUT2D eigenvalue weighted by molar-refractivity contribution is 5.64. The lowest BCUT2D eigenvalue weighted by atomic mass is 10.2. The molecule has 0 amide bonds. The van der Waals surface area contributed by atoms with Crippen molar-refractivity contribution < 1.29 is 0 Å². The van der Waals surface area contributed by atoms with Crippen molar-refractivity contribution in [3.8, 4) is 0 Å². The van der Waals surface area contributed by atoms with Gasteiger partial charge in [0.1, 0.15) is 0 Å². The monoisotopic (exact) mass is 211 g/mol. The van der Waals surface area contributed by atoms with Crippen molar-refractivity contribution in [3.05, 3.63) is 66.6 Å². The standard InChI is InChI=1S/C13H13N3/c14-12-9-6-10-15-13(12)16-11-7-4-2-1-3-5-8-11/h1-10H,14H2,(H,15,16). The van der Waals surface area contributed by atoms with Crippen molar-refractivity contribution in [2.24, 2.45) is 0 Å². The molecule has 0 bridgehead atoms. The minimum atomic E-state index is 0.637. The lowest BCUT2D eigenvalue weighted by Crippen LogP contribution is -2.02. The number of hydrogen-bond acceptors (Lipinski definition) is 3. The summed E-state index contributed by atoms with van der Waals surface area (Å²) >= 11 is 0. The third-order valence-electron chi connectivity index (χ3n) is 2.10. The van der Waals surface area contributed by atoms with Gasteiger partial charge < -0.3 is 11.1 Å². The van der Waals surface area contributed by atoms with Crippen LogP contribution in [0.3, 0.4) is 0 Å². The van der Waals surface area contributed by atoms with Gasteiger partial charge in [-0.3, -0.25) is 0 Å². The molecule has 2 rings (SSSR count). The molecular weight excluding hydrogens is 198 g/mol. The van der Waals surface area contributed by atoms with Crippen LogP contribution in [0.25, 0.3) is 0 Å². The maximum atomic E-state index is 5.80. The third kappa shape index (κ3) is 2.60. The van der Waals surface area contributed by atoms with Crippen LogP contribution in [-0.4, -0.2) is 4.98 Å². The molecule has 80 valence electrons. The smallest absolute Gasteiger partial charge is 0.153 e. The quantitative estimate of drug-likeness (QED) is 0.790. The first-order valence-corrected chi connectivity index (χ1v) is 5.05. The zero-order valence-electron chi connectivity index (χ0n) is 8.80. The van der Waals surface area contributed by atoms with Gasteiger partial charge in [-0.1, -0.05) is 30.4 Å². The van der Waals surface area contributed by atoms with Crippen molar-refractivity contribution in [2.45, 2.75) is 0 Å². The first-order chi connectivity index (χ1) is 7.86. The predicted molar refractivity (Wildman–Crippen MR) is 67.8 cm³/mol. The molecule has 0 aromatic carbocycles. The van der Waals surface area contributed by atoms with Crippen molar-refractivity contribution in [3.63, 3.8) is 0 Å². The average Bonchev–Trinajstić information content (AvgIpc) is 2.24. The summed E-state index contributed by atoms with van der Waals surface area (Å²) in [5, 5.41) is 3.17. The van der Waals surface area contributed by atoms with E-state index in [1.807, 2.05) is 54.7 Å². The van der Waals surface area contributed by atoms with Crippen molar-refractivity contribution in [1.29, 1.82) is 0 Å². The number of pyridine rings is 1. The minimum Gasteiger partial charge on any atom is -0.396 e. The molecule has 0 unspecified atom stereocenters. The summed E-state index contributed by atoms with van der Waals surface area (Å²) in [5.74, 6) is 0.677. The Labute approximate surface area is 94.7 Å². The van der Waals surface area contributed by atoms with Crippen LogP contribution in [-0.2, 0) is 0 Å². The molecule has 3 nitrogen and oxygen atoms in total. The molecule has 16 heavy (non-hydrogen) atoms. The van der Waals surface area contributed by atoms with Crippen LogP contribution in [0.15, 0.2) is 66.6 Å². The first-order valence-electron chi connectivity index (χ1n) is 5.05. The summed E-state index contributed by atoms with van der Waals surface area (Å²) in [5.41, 5.74) is 7.39. The van der Waals surface area contributed by atoms with Crippen molar-refractivity contribution >= 4 is 11.5 Å². The maximum Gasteiger partial charge on any atom is 0.153 e. The Morgan fingerprint density at radius 2 is 1.88 bits per heavy atom. The second-order valence-corrected chi connectivity index (χ2v) is 3.32. The summed E-state index contributed by atoms with van der Waals surface area (Å²) in [6.07, 6.45) is 15.5. The molecule has 1 aliphatic rings. The molecule has 1 aromatic rings. The second kappa shape index (κ2) is 4.98. The van der Waals surface area contributed by atoms with Crippen LogP contribution in [0, 0.1) is 0 Å². The second-order valence-electron chi connectivity index (χ2n) is 3.32. The fourth-order valence-corrected chi connectivity index (χ4v) is 1.31. The van der Waals surface area contributed by atoms with E-state index in [2.05, 4.69) is 10.3 Å². The average molecular weight is 211 g/mol. The third-order valence-corrected chi connectivity index (χ3v) is 2.10. The van der Waals surface area contributed by atoms with Gasteiger partial charge in [-0.15, -0.1) is 0 Å². The van der Waals surface area contributed by atoms with Crippen LogP contribution in [0.4, 0.5) is 11.5 Å². The van der Waals surface area contributed by atoms with E-state index in [4.69, 9.17) is 5.73 Å². The summed E-state index contributed by atoms with van der Waals surface area (Å²) in [6.45, 7) is 0. The Morgan fingerprint density at radius 3 is 2.75 bits per heavy atom. The van der Waals surface area contributed by atoms with E-state index in [0.29, 0.717) is 11.5 Å². The SMILES string of the molecule is Nc1cccnc1NC1=CC=CC=CC=C1. The Kier molecular flexibility index (Phi) is 3.18. The molecule has 0 fully saturated rings. The lowest BCUT2D eigenvalue weighted by Gasteiger charge is -2.08. The van der Waals surface area contributed by atoms with E-state index in [1.54, 1.807) is 6.20 Å². The van der Waals surface area contributed by atoms with Crippen LogP contribution in [0.1, 0.15) is 0 Å². The molecule has 0 saturated heterocycles. The summed E-state index contributed by atoms with van der Waals surface area (Å²) < 4.78 is 0. The normalized spacial score (nSPS) is 14.1. The highest BCUT2D eigenvalue weighted by atomic mass is 15.0. The van der Waals surface area contributed by atoms with Gasteiger partial charge in [0.15, 0.2) is 5.82 Å². The number of nitrogens with two attached hydrogens (primary N) is 1. The van der Waals surface area contributed by atoms with Gasteiger partial charge in [0.25, 0.3) is 0 Å². The fourth-order valence-electron chi connectivity index (χ4n) is 1.31. The van der Waals surface area contributed by atoms with Gasteiger partial charge in [-0.25, -0.2) is 4.98 Å². The highest BCUT2D eigenvalue weighted by Gasteiger charge is 1.99. The van der Waals surface area contributed by atoms with E-state index in [0.717, 1.165) is 5.70 Å². The molecule has 3 heteroatoms. The first kappa shape index (κ1) is 10.2. The zero-order chi connectivity index (χ0) is 11.2. The predicted octanol–water partition coefficient (Wildman–Crippen LogP) is 2.64. The molecule has 1 aromatic heterocycles. The van der Waals surface area contributed by atoms with E-state index < -0.39 is 0 Å². The molecule has 1 aliphatic carbocycles. The molecule has 1 heterocycles. The Bertz CT molecular complexity index is 482. The molecular formula is C13H13N3. The van der Waals surface area contributed by atoms with Gasteiger partial charge >= 0.3 is 0 Å². The molecule has 0 radical (unpaired) electrons. The highest BCUT2D eigenvalue weighted by Crippen LogP contribution is 2.16. The lowest BCUT2D eigenvalue weighted by molar-refractivity contribution is 1.29. The van der Waals surface area contributed by atoms with Gasteiger partial charge in [0.05, 0.1) is 5.69 Å². The summed E-state index contributed by atoms with van der Waals surface area (Å²) in [7, 11) is 0. The zero-order valence-corrected chi connectivity index (χ0v) is 8.80. The summed E-state index contributed by atoms with van der Waals surface area (Å²) in [6, 6.07) is 3.63. The number of nitrogen functional groups attached to an aromatic ring is 1. The van der Waals surface area contributed by atoms with Crippen LogP contribution in [0.2, 0.25) is 0 Å². The van der Waals surface area contributed by atoms with E-state index in [-0.39, 0.29) is 0 Å². The van der Waals surface area contributed by atoms with Crippen LogP contribution in [0.5, 0.6) is 0 Å². The number of nitrogens with zero attached hydrogens (tertiary/aromatic N) is 1. The topological polar surface area (TPSA) is 50.9 Å². The van der Waals surface area contributed by atoms with Crippen molar-refractivity contribution in [2.75, 3.05) is 11.1 Å². The summed E-state index contributed by atoms with van der Waals surface area (Å²) in [4.78, 5) is 4.17. The Hall–Kier alpha value is -2.29. The van der Waals surface area contributed by atoms with Gasteiger partial charge in [-0.2, -0.15) is 0 Å². The van der Waals surface area contributed by atoms with Gasteiger partial charge in [0, 0.05) is 11.9 Å². The van der Waals surface area contributed by atoms with E-state index >= 15 is 0 Å². The molecule has 0 atom stereocenters. The van der Waals surface area contributed by atoms with E-state index in [1.165, 1.54) is 0 Å². The number of rotatable bonds is 2. The molecule has 0 aliphatic heterocycles. The minimum absolute atomic E-state index is 0.637. The number of anilines is 2. The van der Waals surface area contributed by atoms with E-state index in [9.17, 15) is 0 Å². The Morgan fingerprint density at radius 1 is 1.06 bits per heavy atom. The maximum absolute atomic E-state index is 5.80. The van der Waals surface area contributed by atoms with Gasteiger partial charge in [-0.05, 0) is 24.3 Å². The van der Waals surface area contributed by atoms with Crippen molar-refractivity contribution in [1.82, 2.24) is 4.98 Å². The fraction of sp³-hybridized carbons (Fsp3) is 0. The Balaban J connectivity index is 2.19. The molecule has 0 saturated carbocycles. The van der Waals surface area contributed by atoms with Gasteiger partial charge in [0.2, 0.25) is 0 Å². The number of hydrogen-bond donors (Lipinski definition) is 2. The largest absolute Gasteiger partial charge is 0.396 e. The number of aromatic nitrogens is 1.